The van der Waals surface area contributed by atoms with E-state index in [4.69, 9.17) is 5.73 Å². The van der Waals surface area contributed by atoms with Gasteiger partial charge in [0.1, 0.15) is 11.6 Å². The number of nitrogens with two attached hydrogens (primary N) is 1. The molecule has 0 aromatic carbocycles. The molecule has 0 radical (unpaired) electrons. The summed E-state index contributed by atoms with van der Waals surface area (Å²) in [4.78, 5) is 7.00. The zero-order valence-corrected chi connectivity index (χ0v) is 5.68. The van der Waals surface area contributed by atoms with Crippen molar-refractivity contribution in [3.8, 4) is 0 Å². The molecule has 3 N–H and O–H groups in total. The van der Waals surface area contributed by atoms with Crippen LogP contribution < -0.4 is 5.73 Å². The van der Waals surface area contributed by atoms with Crippen molar-refractivity contribution in [1.82, 2.24) is 9.97 Å². The van der Waals surface area contributed by atoms with Gasteiger partial charge in [0, 0.05) is 12.1 Å². The van der Waals surface area contributed by atoms with E-state index in [-0.39, 0.29) is 0 Å². The van der Waals surface area contributed by atoms with E-state index in [0.717, 1.165) is 5.82 Å². The second-order valence-corrected chi connectivity index (χ2v) is 2.37. The maximum Gasteiger partial charge on any atom is 0.141 e. The Balaban J connectivity index is 2.85. The second kappa shape index (κ2) is 2.09. The summed E-state index contributed by atoms with van der Waals surface area (Å²) in [5.41, 5.74) is 5.37. The Labute approximate surface area is 54.3 Å². The average molecular weight is 125 g/mol. The van der Waals surface area contributed by atoms with Gasteiger partial charge in [-0.2, -0.15) is 0 Å². The van der Waals surface area contributed by atoms with Crippen molar-refractivity contribution in [1.29, 1.82) is 0 Å². The van der Waals surface area contributed by atoms with Gasteiger partial charge in [0.25, 0.3) is 0 Å². The summed E-state index contributed by atoms with van der Waals surface area (Å²) in [6.07, 6.45) is 1.70. The molecule has 0 bridgehead atoms. The largest absolute Gasteiger partial charge is 0.382 e. The van der Waals surface area contributed by atoms with Gasteiger partial charge < -0.3 is 10.7 Å². The minimum absolute atomic E-state index is 0.433. The van der Waals surface area contributed by atoms with Crippen molar-refractivity contribution in [3.63, 3.8) is 0 Å². The predicted octanol–water partition coefficient (Wildman–Crippen LogP) is 1.12. The van der Waals surface area contributed by atoms with Crippen LogP contribution in [0.25, 0.3) is 0 Å². The van der Waals surface area contributed by atoms with Crippen LogP contribution in [0.15, 0.2) is 6.20 Å². The van der Waals surface area contributed by atoms with Crippen molar-refractivity contribution in [2.24, 2.45) is 0 Å². The van der Waals surface area contributed by atoms with E-state index in [0.29, 0.717) is 11.7 Å². The maximum absolute atomic E-state index is 5.37. The Morgan fingerprint density at radius 3 is 2.56 bits per heavy atom. The number of imidazole rings is 1. The van der Waals surface area contributed by atoms with Crippen molar-refractivity contribution in [2.75, 3.05) is 5.73 Å². The van der Waals surface area contributed by atoms with Gasteiger partial charge in [-0.25, -0.2) is 4.98 Å². The third kappa shape index (κ3) is 1.22. The molecule has 3 nitrogen and oxygen atoms in total. The highest BCUT2D eigenvalue weighted by molar-refractivity contribution is 5.24. The molecule has 9 heavy (non-hydrogen) atoms. The number of H-pyrrole nitrogens is 1. The number of nitrogens with zero attached hydrogens (tertiary/aromatic N) is 1. The average Bonchev–Trinajstić information content (AvgIpc) is 2.14. The van der Waals surface area contributed by atoms with Crippen molar-refractivity contribution >= 4 is 5.82 Å². The first-order valence-corrected chi connectivity index (χ1v) is 3.01. The summed E-state index contributed by atoms with van der Waals surface area (Å²) in [7, 11) is 0. The fourth-order valence-electron chi connectivity index (χ4n) is 0.647. The van der Waals surface area contributed by atoms with Crippen LogP contribution in [0.3, 0.4) is 0 Å². The van der Waals surface area contributed by atoms with Crippen LogP contribution in [-0.4, -0.2) is 9.97 Å². The lowest BCUT2D eigenvalue weighted by Gasteiger charge is -1.95. The van der Waals surface area contributed by atoms with Crippen LogP contribution in [-0.2, 0) is 0 Å². The number of anilines is 1. The molecule has 0 aliphatic heterocycles. The Kier molecular flexibility index (Phi) is 1.42. The number of rotatable bonds is 1. The lowest BCUT2D eigenvalue weighted by atomic mass is 10.2. The molecule has 0 amide bonds. The van der Waals surface area contributed by atoms with Gasteiger partial charge in [-0.05, 0) is 0 Å². The maximum atomic E-state index is 5.37. The molecule has 1 heterocycles. The fourth-order valence-corrected chi connectivity index (χ4v) is 0.647. The first-order valence-electron chi connectivity index (χ1n) is 3.01. The standard InChI is InChI=1S/C6H11N3/c1-4(2)6-8-3-5(7)9-6/h3-4H,7H2,1-2H3,(H,8,9). The molecule has 3 heteroatoms. The summed E-state index contributed by atoms with van der Waals surface area (Å²) in [5, 5.41) is 0. The summed E-state index contributed by atoms with van der Waals surface area (Å²) >= 11 is 0. The fraction of sp³-hybridized carbons (Fsp3) is 0.500. The number of nitrogens with one attached hydrogen (secondary N) is 1. The number of aromatic amines is 1. The second-order valence-electron chi connectivity index (χ2n) is 2.37. The van der Waals surface area contributed by atoms with E-state index in [9.17, 15) is 0 Å². The molecular formula is C6H11N3. The van der Waals surface area contributed by atoms with Crippen LogP contribution in [0.5, 0.6) is 0 Å². The summed E-state index contributed by atoms with van der Waals surface area (Å²) < 4.78 is 0. The highest BCUT2D eigenvalue weighted by Crippen LogP contribution is 2.09. The summed E-state index contributed by atoms with van der Waals surface area (Å²) in [6, 6.07) is 0. The first kappa shape index (κ1) is 6.13. The highest BCUT2D eigenvalue weighted by Gasteiger charge is 2.00. The molecule has 1 rings (SSSR count). The van der Waals surface area contributed by atoms with Gasteiger partial charge in [-0.3, -0.25) is 0 Å². The lowest BCUT2D eigenvalue weighted by molar-refractivity contribution is 0.795. The molecule has 0 saturated heterocycles. The van der Waals surface area contributed by atoms with Gasteiger partial charge in [-0.15, -0.1) is 0 Å². The Hall–Kier alpha value is -0.990. The van der Waals surface area contributed by atoms with Gasteiger partial charge in [0.2, 0.25) is 0 Å². The topological polar surface area (TPSA) is 54.7 Å². The van der Waals surface area contributed by atoms with Crippen LogP contribution in [0.1, 0.15) is 25.6 Å². The van der Waals surface area contributed by atoms with Gasteiger partial charge in [0.15, 0.2) is 0 Å². The number of nitrogen functional groups attached to an aromatic ring is 1. The Morgan fingerprint density at radius 1 is 1.67 bits per heavy atom. The van der Waals surface area contributed by atoms with Crippen LogP contribution in [0, 0.1) is 0 Å². The Bertz CT molecular complexity index is 190. The lowest BCUT2D eigenvalue weighted by Crippen LogP contribution is -1.90. The smallest absolute Gasteiger partial charge is 0.141 e. The van der Waals surface area contributed by atoms with Gasteiger partial charge >= 0.3 is 0 Å². The van der Waals surface area contributed by atoms with Crippen molar-refractivity contribution in [3.05, 3.63) is 12.0 Å². The van der Waals surface area contributed by atoms with Crippen molar-refractivity contribution in [2.45, 2.75) is 19.8 Å². The molecule has 0 aliphatic rings. The summed E-state index contributed by atoms with van der Waals surface area (Å²) in [6.45, 7) is 4.14. The molecule has 0 fully saturated rings. The molecule has 0 aliphatic carbocycles. The first-order chi connectivity index (χ1) is 4.20. The predicted molar refractivity (Wildman–Crippen MR) is 37.1 cm³/mol. The Morgan fingerprint density at radius 2 is 2.33 bits per heavy atom. The van der Waals surface area contributed by atoms with E-state index in [1.807, 2.05) is 0 Å². The number of aromatic nitrogens is 2. The molecule has 0 unspecified atom stereocenters. The molecule has 1 aromatic heterocycles. The van der Waals surface area contributed by atoms with Gasteiger partial charge in [0.05, 0.1) is 0 Å². The van der Waals surface area contributed by atoms with Crippen LogP contribution >= 0.6 is 0 Å². The molecule has 1 aromatic rings. The zero-order chi connectivity index (χ0) is 6.85. The normalized spacial score (nSPS) is 10.6. The molecule has 0 saturated carbocycles. The van der Waals surface area contributed by atoms with Crippen LogP contribution in [0.2, 0.25) is 0 Å². The van der Waals surface area contributed by atoms with E-state index in [1.165, 1.54) is 0 Å². The highest BCUT2D eigenvalue weighted by atomic mass is 15.0. The number of hydrogen-bond donors (Lipinski definition) is 2. The monoisotopic (exact) mass is 125 g/mol. The zero-order valence-electron chi connectivity index (χ0n) is 5.68. The SMILES string of the molecule is CC(C)c1nc(N)c[nH]1. The molecular weight excluding hydrogens is 114 g/mol. The number of hydrogen-bond acceptors (Lipinski definition) is 2. The van der Waals surface area contributed by atoms with E-state index < -0.39 is 0 Å². The quantitative estimate of drug-likeness (QED) is 0.590. The molecule has 0 atom stereocenters. The third-order valence-electron chi connectivity index (χ3n) is 1.16. The minimum atomic E-state index is 0.433. The van der Waals surface area contributed by atoms with E-state index >= 15 is 0 Å². The van der Waals surface area contributed by atoms with Gasteiger partial charge in [-0.1, -0.05) is 13.8 Å². The minimum Gasteiger partial charge on any atom is -0.382 e. The molecule has 50 valence electrons. The third-order valence-corrected chi connectivity index (χ3v) is 1.16. The summed E-state index contributed by atoms with van der Waals surface area (Å²) in [5.74, 6) is 1.95. The van der Waals surface area contributed by atoms with Crippen LogP contribution in [0.4, 0.5) is 5.82 Å². The van der Waals surface area contributed by atoms with Crippen molar-refractivity contribution < 1.29 is 0 Å². The molecule has 0 spiro atoms. The van der Waals surface area contributed by atoms with E-state index in [2.05, 4.69) is 23.8 Å². The van der Waals surface area contributed by atoms with E-state index in [1.54, 1.807) is 6.20 Å².